The monoisotopic (exact) mass is 226 g/mol. The Morgan fingerprint density at radius 2 is 2.29 bits per heavy atom. The van der Waals surface area contributed by atoms with Gasteiger partial charge >= 0.3 is 0 Å². The molecule has 76 valence electrons. The lowest BCUT2D eigenvalue weighted by Gasteiger charge is -2.13. The third kappa shape index (κ3) is 2.07. The van der Waals surface area contributed by atoms with E-state index in [-0.39, 0.29) is 0 Å². The van der Waals surface area contributed by atoms with Crippen molar-refractivity contribution in [2.45, 2.75) is 32.2 Å². The van der Waals surface area contributed by atoms with Crippen LogP contribution in [0.25, 0.3) is 0 Å². The summed E-state index contributed by atoms with van der Waals surface area (Å²) < 4.78 is 0. The van der Waals surface area contributed by atoms with E-state index in [1.54, 1.807) is 10.4 Å². The maximum Gasteiger partial charge on any atom is 0.163 e. The smallest absolute Gasteiger partial charge is 0.163 e. The Morgan fingerprint density at radius 1 is 1.50 bits per heavy atom. The average molecular weight is 226 g/mol. The minimum atomic E-state index is 0.390. The Kier molecular flexibility index (Phi) is 3.03. The highest BCUT2D eigenvalue weighted by atomic mass is 32.1. The van der Waals surface area contributed by atoms with Crippen molar-refractivity contribution in [1.29, 1.82) is 0 Å². The van der Waals surface area contributed by atoms with Crippen LogP contribution >= 0.6 is 23.6 Å². The topological polar surface area (TPSA) is 38.0 Å². The maximum atomic E-state index is 5.41. The van der Waals surface area contributed by atoms with Gasteiger partial charge in [-0.15, -0.1) is 11.3 Å². The molecule has 14 heavy (non-hydrogen) atoms. The van der Waals surface area contributed by atoms with Gasteiger partial charge in [0.25, 0.3) is 0 Å². The lowest BCUT2D eigenvalue weighted by atomic mass is 9.96. The number of hydrogen-bond acceptors (Lipinski definition) is 2. The Hall–Kier alpha value is -0.610. The van der Waals surface area contributed by atoms with Crippen molar-refractivity contribution in [2.75, 3.05) is 0 Å². The summed E-state index contributed by atoms with van der Waals surface area (Å²) in [6, 6.07) is 0. The molecule has 4 heteroatoms. The molecule has 0 amide bonds. The second-order valence-electron chi connectivity index (χ2n) is 3.59. The normalized spacial score (nSPS) is 14.9. The zero-order valence-corrected chi connectivity index (χ0v) is 9.64. The summed E-state index contributed by atoms with van der Waals surface area (Å²) in [4.78, 5) is 1.57. The summed E-state index contributed by atoms with van der Waals surface area (Å²) >= 11 is 6.67. The van der Waals surface area contributed by atoms with Crippen LogP contribution in [0.1, 0.15) is 28.8 Å². The van der Waals surface area contributed by atoms with Crippen molar-refractivity contribution < 1.29 is 0 Å². The first kappa shape index (κ1) is 9.93. The first-order valence-electron chi connectivity index (χ1n) is 4.89. The summed E-state index contributed by atoms with van der Waals surface area (Å²) in [5.41, 5.74) is 8.34. The SMILES string of the molecule is NC(=S)NCc1csc2c1CCCC2. The van der Waals surface area contributed by atoms with Gasteiger partial charge in [-0.25, -0.2) is 0 Å². The van der Waals surface area contributed by atoms with E-state index in [1.165, 1.54) is 31.2 Å². The Morgan fingerprint density at radius 3 is 3.07 bits per heavy atom. The molecule has 0 saturated carbocycles. The maximum absolute atomic E-state index is 5.41. The lowest BCUT2D eigenvalue weighted by Crippen LogP contribution is -2.28. The van der Waals surface area contributed by atoms with Gasteiger partial charge in [-0.1, -0.05) is 0 Å². The van der Waals surface area contributed by atoms with E-state index in [4.69, 9.17) is 18.0 Å². The highest BCUT2D eigenvalue weighted by Gasteiger charge is 2.14. The summed E-state index contributed by atoms with van der Waals surface area (Å²) in [7, 11) is 0. The van der Waals surface area contributed by atoms with Crippen molar-refractivity contribution in [3.05, 3.63) is 21.4 Å². The molecule has 0 bridgehead atoms. The molecule has 0 atom stereocenters. The molecule has 2 nitrogen and oxygen atoms in total. The number of thiophene rings is 1. The summed E-state index contributed by atoms with van der Waals surface area (Å²) in [5, 5.41) is 5.64. The van der Waals surface area contributed by atoms with Crippen molar-refractivity contribution >= 4 is 28.7 Å². The summed E-state index contributed by atoms with van der Waals surface area (Å²) in [5.74, 6) is 0. The second kappa shape index (κ2) is 4.28. The fraction of sp³-hybridized carbons (Fsp3) is 0.500. The number of thiocarbonyl (C=S) groups is 1. The van der Waals surface area contributed by atoms with Crippen LogP contribution in [-0.4, -0.2) is 5.11 Å². The fourth-order valence-electron chi connectivity index (χ4n) is 1.89. The molecule has 0 spiro atoms. The number of hydrogen-bond donors (Lipinski definition) is 2. The molecule has 0 aliphatic heterocycles. The van der Waals surface area contributed by atoms with Crippen LogP contribution in [-0.2, 0) is 19.4 Å². The van der Waals surface area contributed by atoms with Gasteiger partial charge in [0.15, 0.2) is 5.11 Å². The van der Waals surface area contributed by atoms with Gasteiger partial charge in [-0.3, -0.25) is 0 Å². The lowest BCUT2D eigenvalue weighted by molar-refractivity contribution is 0.688. The van der Waals surface area contributed by atoms with E-state index >= 15 is 0 Å². The Labute approximate surface area is 93.5 Å². The third-order valence-corrected chi connectivity index (χ3v) is 3.88. The van der Waals surface area contributed by atoms with E-state index in [1.807, 2.05) is 11.3 Å². The van der Waals surface area contributed by atoms with Crippen molar-refractivity contribution in [2.24, 2.45) is 5.73 Å². The molecular weight excluding hydrogens is 212 g/mol. The van der Waals surface area contributed by atoms with Gasteiger partial charge in [0.2, 0.25) is 0 Å². The number of nitrogens with two attached hydrogens (primary N) is 1. The summed E-state index contributed by atoms with van der Waals surface area (Å²) in [6.45, 7) is 0.793. The van der Waals surface area contributed by atoms with Gasteiger partial charge in [-0.05, 0) is 54.4 Å². The molecule has 2 rings (SSSR count). The molecule has 0 aromatic carbocycles. The molecule has 1 aromatic heterocycles. The van der Waals surface area contributed by atoms with Crippen LogP contribution in [0.5, 0.6) is 0 Å². The van der Waals surface area contributed by atoms with Crippen LogP contribution < -0.4 is 11.1 Å². The minimum absolute atomic E-state index is 0.390. The fourth-order valence-corrected chi connectivity index (χ4v) is 3.11. The molecule has 3 N–H and O–H groups in total. The zero-order valence-electron chi connectivity index (χ0n) is 8.01. The van der Waals surface area contributed by atoms with Gasteiger partial charge < -0.3 is 11.1 Å². The number of nitrogens with one attached hydrogen (secondary N) is 1. The third-order valence-electron chi connectivity index (χ3n) is 2.60. The van der Waals surface area contributed by atoms with Crippen LogP contribution in [0.15, 0.2) is 5.38 Å². The predicted octanol–water partition coefficient (Wildman–Crippen LogP) is 1.96. The summed E-state index contributed by atoms with van der Waals surface area (Å²) in [6.07, 6.45) is 5.15. The van der Waals surface area contributed by atoms with E-state index in [0.29, 0.717) is 5.11 Å². The second-order valence-corrected chi connectivity index (χ2v) is 4.99. The van der Waals surface area contributed by atoms with Crippen LogP contribution in [0.2, 0.25) is 0 Å². The molecule has 1 aliphatic carbocycles. The number of fused-ring (bicyclic) bond motifs is 1. The zero-order chi connectivity index (χ0) is 9.97. The molecule has 0 saturated heterocycles. The first-order chi connectivity index (χ1) is 6.77. The van der Waals surface area contributed by atoms with E-state index in [2.05, 4.69) is 10.7 Å². The molecule has 1 aromatic rings. The van der Waals surface area contributed by atoms with Gasteiger partial charge in [-0.2, -0.15) is 0 Å². The van der Waals surface area contributed by atoms with Crippen LogP contribution in [0.3, 0.4) is 0 Å². The Bertz CT molecular complexity index is 344. The van der Waals surface area contributed by atoms with Crippen molar-refractivity contribution in [3.8, 4) is 0 Å². The van der Waals surface area contributed by atoms with Gasteiger partial charge in [0, 0.05) is 11.4 Å². The minimum Gasteiger partial charge on any atom is -0.376 e. The molecular formula is C10H14N2S2. The highest BCUT2D eigenvalue weighted by molar-refractivity contribution is 7.80. The van der Waals surface area contributed by atoms with Crippen LogP contribution in [0, 0.1) is 0 Å². The predicted molar refractivity (Wildman–Crippen MR) is 64.6 cm³/mol. The molecule has 0 radical (unpaired) electrons. The average Bonchev–Trinajstić information content (AvgIpc) is 2.58. The number of rotatable bonds is 2. The first-order valence-corrected chi connectivity index (χ1v) is 6.17. The van der Waals surface area contributed by atoms with Crippen molar-refractivity contribution in [3.63, 3.8) is 0 Å². The highest BCUT2D eigenvalue weighted by Crippen LogP contribution is 2.29. The molecule has 1 heterocycles. The molecule has 0 fully saturated rings. The van der Waals surface area contributed by atoms with Gasteiger partial charge in [0.1, 0.15) is 0 Å². The molecule has 1 aliphatic rings. The van der Waals surface area contributed by atoms with Gasteiger partial charge in [0.05, 0.1) is 0 Å². The largest absolute Gasteiger partial charge is 0.376 e. The molecule has 0 unspecified atom stereocenters. The standard InChI is InChI=1S/C10H14N2S2/c11-10(13)12-5-7-6-14-9-4-2-1-3-8(7)9/h6H,1-5H2,(H3,11,12,13). The quantitative estimate of drug-likeness (QED) is 0.757. The van der Waals surface area contributed by atoms with Crippen LogP contribution in [0.4, 0.5) is 0 Å². The van der Waals surface area contributed by atoms with E-state index < -0.39 is 0 Å². The van der Waals surface area contributed by atoms with E-state index in [0.717, 1.165) is 6.54 Å². The Balaban J connectivity index is 2.10. The van der Waals surface area contributed by atoms with E-state index in [9.17, 15) is 0 Å². The number of aryl methyl sites for hydroxylation is 1. The van der Waals surface area contributed by atoms with Crippen molar-refractivity contribution in [1.82, 2.24) is 5.32 Å².